The zero-order valence-electron chi connectivity index (χ0n) is 16.4. The summed E-state index contributed by atoms with van der Waals surface area (Å²) in [4.78, 5) is 24.5. The van der Waals surface area contributed by atoms with Gasteiger partial charge in [0.1, 0.15) is 5.82 Å². The lowest BCUT2D eigenvalue weighted by atomic mass is 10.1. The predicted molar refractivity (Wildman–Crippen MR) is 112 cm³/mol. The number of carbonyl (C=O) groups is 2. The molecule has 31 heavy (non-hydrogen) atoms. The summed E-state index contributed by atoms with van der Waals surface area (Å²) >= 11 is 0. The number of ether oxygens (including phenoxy) is 1. The summed E-state index contributed by atoms with van der Waals surface area (Å²) in [5.41, 5.74) is 3.15. The maximum atomic E-state index is 13.2. The van der Waals surface area contributed by atoms with Crippen LogP contribution in [0.2, 0.25) is 0 Å². The normalized spacial score (nSPS) is 10.5. The van der Waals surface area contributed by atoms with Crippen molar-refractivity contribution in [3.05, 3.63) is 95.9 Å². The highest BCUT2D eigenvalue weighted by Gasteiger charge is 2.15. The minimum absolute atomic E-state index is 0.265. The first-order chi connectivity index (χ1) is 15.1. The number of nitrogens with one attached hydrogen (secondary N) is 1. The van der Waals surface area contributed by atoms with Crippen molar-refractivity contribution in [3.63, 3.8) is 0 Å². The molecule has 8 heteroatoms. The first-order valence-corrected chi connectivity index (χ1v) is 9.32. The van der Waals surface area contributed by atoms with Crippen molar-refractivity contribution in [2.45, 2.75) is 0 Å². The minimum atomic E-state index is -0.536. The van der Waals surface area contributed by atoms with Crippen LogP contribution < -0.4 is 5.32 Å². The maximum Gasteiger partial charge on any atom is 0.339 e. The molecule has 1 N–H and O–H groups in total. The molecule has 0 spiro atoms. The highest BCUT2D eigenvalue weighted by molar-refractivity contribution is 6.08. The van der Waals surface area contributed by atoms with Crippen LogP contribution >= 0.6 is 0 Å². The van der Waals surface area contributed by atoms with Gasteiger partial charge in [-0.15, -0.1) is 5.10 Å². The molecule has 0 saturated carbocycles. The van der Waals surface area contributed by atoms with Gasteiger partial charge in [-0.05, 0) is 60.7 Å². The van der Waals surface area contributed by atoms with Gasteiger partial charge in [-0.25, -0.2) is 13.9 Å². The summed E-state index contributed by atoms with van der Waals surface area (Å²) in [5.74, 6) is -1.24. The molecule has 0 bridgehead atoms. The Hall–Kier alpha value is -4.33. The number of para-hydroxylation sites is 1. The van der Waals surface area contributed by atoms with Crippen LogP contribution in [0.15, 0.2) is 79.0 Å². The second kappa shape index (κ2) is 8.58. The molecule has 0 saturated heterocycles. The predicted octanol–water partition coefficient (Wildman–Crippen LogP) is 4.11. The van der Waals surface area contributed by atoms with Gasteiger partial charge in [-0.2, -0.15) is 0 Å². The molecule has 0 aliphatic heterocycles. The highest BCUT2D eigenvalue weighted by atomic mass is 19.1. The zero-order chi connectivity index (χ0) is 21.8. The number of esters is 1. The van der Waals surface area contributed by atoms with Crippen molar-refractivity contribution in [3.8, 4) is 16.9 Å². The Balaban J connectivity index is 1.56. The molecule has 0 aliphatic rings. The number of methoxy groups -OCH3 is 1. The molecule has 1 heterocycles. The molecule has 0 radical (unpaired) electrons. The van der Waals surface area contributed by atoms with Gasteiger partial charge in [0.15, 0.2) is 0 Å². The summed E-state index contributed by atoms with van der Waals surface area (Å²) in [6.45, 7) is 0. The van der Waals surface area contributed by atoms with E-state index in [1.54, 1.807) is 71.5 Å². The lowest BCUT2D eigenvalue weighted by molar-refractivity contribution is 0.0602. The number of nitrogens with zero attached hydrogens (tertiary/aromatic N) is 3. The van der Waals surface area contributed by atoms with Crippen LogP contribution in [-0.2, 0) is 4.74 Å². The van der Waals surface area contributed by atoms with E-state index in [9.17, 15) is 14.0 Å². The van der Waals surface area contributed by atoms with Crippen molar-refractivity contribution in [2.24, 2.45) is 0 Å². The van der Waals surface area contributed by atoms with Gasteiger partial charge in [0.05, 0.1) is 35.9 Å². The van der Waals surface area contributed by atoms with Gasteiger partial charge in [0, 0.05) is 11.1 Å². The molecule has 0 unspecified atom stereocenters. The van der Waals surface area contributed by atoms with Crippen molar-refractivity contribution in [2.75, 3.05) is 12.4 Å². The molecule has 154 valence electrons. The molecular formula is C23H17FN4O3. The van der Waals surface area contributed by atoms with E-state index >= 15 is 0 Å². The monoisotopic (exact) mass is 416 g/mol. The van der Waals surface area contributed by atoms with Crippen molar-refractivity contribution < 1.29 is 18.7 Å². The van der Waals surface area contributed by atoms with Gasteiger partial charge in [-0.1, -0.05) is 17.3 Å². The second-order valence-electron chi connectivity index (χ2n) is 6.58. The summed E-state index contributed by atoms with van der Waals surface area (Å²) in [7, 11) is 1.28. The van der Waals surface area contributed by atoms with E-state index in [1.165, 1.54) is 19.2 Å². The van der Waals surface area contributed by atoms with E-state index in [1.807, 2.05) is 0 Å². The number of amides is 1. The Labute approximate surface area is 177 Å². The van der Waals surface area contributed by atoms with E-state index in [0.29, 0.717) is 22.6 Å². The Bertz CT molecular complexity index is 1230. The number of hydrogen-bond acceptors (Lipinski definition) is 5. The van der Waals surface area contributed by atoms with Crippen LogP contribution in [0.3, 0.4) is 0 Å². The van der Waals surface area contributed by atoms with E-state index in [-0.39, 0.29) is 17.3 Å². The van der Waals surface area contributed by atoms with E-state index in [4.69, 9.17) is 4.74 Å². The number of anilines is 1. The smallest absolute Gasteiger partial charge is 0.339 e. The Morgan fingerprint density at radius 2 is 1.68 bits per heavy atom. The quantitative estimate of drug-likeness (QED) is 0.495. The van der Waals surface area contributed by atoms with Gasteiger partial charge < -0.3 is 10.1 Å². The van der Waals surface area contributed by atoms with Crippen LogP contribution in [0.5, 0.6) is 0 Å². The first kappa shape index (κ1) is 20.0. The fourth-order valence-corrected chi connectivity index (χ4v) is 3.07. The summed E-state index contributed by atoms with van der Waals surface area (Å²) in [6.07, 6.45) is 1.58. The molecule has 0 fully saturated rings. The molecule has 3 aromatic carbocycles. The molecule has 0 aliphatic carbocycles. The van der Waals surface area contributed by atoms with E-state index in [2.05, 4.69) is 15.6 Å². The number of aromatic nitrogens is 3. The minimum Gasteiger partial charge on any atom is -0.465 e. The third-order valence-electron chi connectivity index (χ3n) is 4.64. The number of hydrogen-bond donors (Lipinski definition) is 1. The molecule has 1 aromatic heterocycles. The van der Waals surface area contributed by atoms with Crippen molar-refractivity contribution >= 4 is 17.6 Å². The summed E-state index contributed by atoms with van der Waals surface area (Å²) in [6, 6.07) is 19.4. The van der Waals surface area contributed by atoms with Gasteiger partial charge in [0.25, 0.3) is 5.91 Å². The highest BCUT2D eigenvalue weighted by Crippen LogP contribution is 2.22. The van der Waals surface area contributed by atoms with Crippen molar-refractivity contribution in [1.82, 2.24) is 15.0 Å². The average Bonchev–Trinajstić information content (AvgIpc) is 3.29. The molecule has 4 rings (SSSR count). The lowest BCUT2D eigenvalue weighted by Crippen LogP contribution is -2.15. The fraction of sp³-hybridized carbons (Fsp3) is 0.0435. The summed E-state index contributed by atoms with van der Waals surface area (Å²) < 4.78 is 19.6. The molecular weight excluding hydrogens is 399 g/mol. The number of halogens is 1. The zero-order valence-corrected chi connectivity index (χ0v) is 16.4. The van der Waals surface area contributed by atoms with Gasteiger partial charge >= 0.3 is 5.97 Å². The maximum absolute atomic E-state index is 13.2. The first-order valence-electron chi connectivity index (χ1n) is 9.32. The molecule has 4 aromatic rings. The summed E-state index contributed by atoms with van der Waals surface area (Å²) in [5, 5.41) is 10.8. The number of rotatable bonds is 5. The second-order valence-corrected chi connectivity index (χ2v) is 6.58. The van der Waals surface area contributed by atoms with Gasteiger partial charge in [-0.3, -0.25) is 4.79 Å². The molecule has 1 amide bonds. The number of carbonyl (C=O) groups excluding carboxylic acids is 2. The molecule has 7 nitrogen and oxygen atoms in total. The SMILES string of the molecule is COC(=O)c1ccccc1NC(=O)c1ccc(-n2nncc2-c2ccc(F)cc2)cc1. The lowest BCUT2D eigenvalue weighted by Gasteiger charge is -2.10. The fourth-order valence-electron chi connectivity index (χ4n) is 3.07. The van der Waals surface area contributed by atoms with Crippen LogP contribution in [0.4, 0.5) is 10.1 Å². The van der Waals surface area contributed by atoms with Crippen LogP contribution in [0.1, 0.15) is 20.7 Å². The Morgan fingerprint density at radius 1 is 0.968 bits per heavy atom. The topological polar surface area (TPSA) is 86.1 Å². The van der Waals surface area contributed by atoms with Crippen molar-refractivity contribution in [1.29, 1.82) is 0 Å². The largest absolute Gasteiger partial charge is 0.465 e. The van der Waals surface area contributed by atoms with Crippen LogP contribution in [0.25, 0.3) is 16.9 Å². The third kappa shape index (κ3) is 4.18. The van der Waals surface area contributed by atoms with E-state index in [0.717, 1.165) is 5.56 Å². The standard InChI is InChI=1S/C23H17FN4O3/c1-31-23(30)19-4-2-3-5-20(19)26-22(29)16-8-12-18(13-9-16)28-21(14-25-27-28)15-6-10-17(24)11-7-15/h2-14H,1H3,(H,26,29). The number of benzene rings is 3. The average molecular weight is 416 g/mol. The van der Waals surface area contributed by atoms with E-state index < -0.39 is 5.97 Å². The third-order valence-corrected chi connectivity index (χ3v) is 4.64. The molecule has 0 atom stereocenters. The van der Waals surface area contributed by atoms with Gasteiger partial charge in [0.2, 0.25) is 0 Å². The van der Waals surface area contributed by atoms with Crippen LogP contribution in [0, 0.1) is 5.82 Å². The Morgan fingerprint density at radius 3 is 2.39 bits per heavy atom. The van der Waals surface area contributed by atoms with Crippen LogP contribution in [-0.4, -0.2) is 34.0 Å². The Kier molecular flexibility index (Phi) is 5.53.